The molecule has 3 aromatic rings. The van der Waals surface area contributed by atoms with E-state index in [-0.39, 0.29) is 18.2 Å². The third kappa shape index (κ3) is 2.55. The Morgan fingerprint density at radius 3 is 2.96 bits per heavy atom. The van der Waals surface area contributed by atoms with Crippen molar-refractivity contribution in [1.82, 2.24) is 5.16 Å². The number of carbonyl (C=O) groups excluding carboxylic acids is 1. The van der Waals surface area contributed by atoms with Gasteiger partial charge in [0.15, 0.2) is 11.5 Å². The molecule has 1 N–H and O–H groups in total. The normalized spacial score (nSPS) is 12.0. The van der Waals surface area contributed by atoms with E-state index in [1.165, 1.54) is 0 Å². The molecule has 1 aliphatic heterocycles. The van der Waals surface area contributed by atoms with Crippen molar-refractivity contribution in [2.45, 2.75) is 11.5 Å². The van der Waals surface area contributed by atoms with Gasteiger partial charge < -0.3 is 14.6 Å². The summed E-state index contributed by atoms with van der Waals surface area (Å²) >= 11 is 1.62. The van der Waals surface area contributed by atoms with E-state index in [0.717, 1.165) is 21.9 Å². The maximum atomic E-state index is 12.6. The summed E-state index contributed by atoms with van der Waals surface area (Å²) in [5.74, 6) is 1.03. The van der Waals surface area contributed by atoms with Gasteiger partial charge in [0.25, 0.3) is 5.91 Å². The van der Waals surface area contributed by atoms with Crippen molar-refractivity contribution >= 4 is 23.4 Å². The highest BCUT2D eigenvalue weighted by Crippen LogP contribution is 2.38. The molecule has 2 aromatic carbocycles. The Kier molecular flexibility index (Phi) is 3.74. The molecule has 1 aromatic heterocycles. The number of nitrogens with zero attached hydrogens (tertiary/aromatic N) is 1. The second kappa shape index (κ2) is 6.05. The average Bonchev–Trinajstić information content (AvgIpc) is 3.06. The Morgan fingerprint density at radius 1 is 1.21 bits per heavy atom. The van der Waals surface area contributed by atoms with Gasteiger partial charge in [0.1, 0.15) is 12.4 Å². The van der Waals surface area contributed by atoms with Crippen LogP contribution >= 0.6 is 11.8 Å². The number of benzene rings is 2. The van der Waals surface area contributed by atoms with Crippen LogP contribution in [0.4, 0.5) is 5.69 Å². The molecule has 1 amide bonds. The summed E-state index contributed by atoms with van der Waals surface area (Å²) in [6.07, 6.45) is 1.99. The number of fused-ring (bicyclic) bond motifs is 3. The lowest BCUT2D eigenvalue weighted by Gasteiger charge is -2.15. The number of nitrogens with one attached hydrogen (secondary N) is 1. The van der Waals surface area contributed by atoms with Crippen LogP contribution in [-0.2, 0) is 6.61 Å². The molecule has 24 heavy (non-hydrogen) atoms. The first kappa shape index (κ1) is 14.8. The molecular weight excluding hydrogens is 324 g/mol. The minimum absolute atomic E-state index is 0.258. The van der Waals surface area contributed by atoms with E-state index in [2.05, 4.69) is 10.5 Å². The quantitative estimate of drug-likeness (QED) is 0.725. The van der Waals surface area contributed by atoms with Crippen molar-refractivity contribution in [2.24, 2.45) is 0 Å². The fourth-order valence-electron chi connectivity index (χ4n) is 2.65. The predicted octanol–water partition coefficient (Wildman–Crippen LogP) is 4.21. The van der Waals surface area contributed by atoms with E-state index in [9.17, 15) is 4.79 Å². The fourth-order valence-corrected chi connectivity index (χ4v) is 3.11. The first-order valence-electron chi connectivity index (χ1n) is 7.42. The van der Waals surface area contributed by atoms with E-state index >= 15 is 0 Å². The van der Waals surface area contributed by atoms with Crippen molar-refractivity contribution in [3.8, 4) is 17.1 Å². The summed E-state index contributed by atoms with van der Waals surface area (Å²) in [4.78, 5) is 13.6. The van der Waals surface area contributed by atoms with Gasteiger partial charge in [0.2, 0.25) is 0 Å². The van der Waals surface area contributed by atoms with E-state index < -0.39 is 0 Å². The number of carbonyl (C=O) groups is 1. The largest absolute Gasteiger partial charge is 0.488 e. The number of rotatable bonds is 3. The summed E-state index contributed by atoms with van der Waals surface area (Å²) in [7, 11) is 0. The molecule has 0 atom stereocenters. The van der Waals surface area contributed by atoms with Crippen LogP contribution in [-0.4, -0.2) is 17.3 Å². The minimum atomic E-state index is -0.304. The number of para-hydroxylation sites is 1. The van der Waals surface area contributed by atoms with Crippen LogP contribution in [0.15, 0.2) is 57.9 Å². The topological polar surface area (TPSA) is 64.4 Å². The molecule has 0 saturated carbocycles. The molecule has 120 valence electrons. The maximum absolute atomic E-state index is 12.6. The number of thioether (sulfide) groups is 1. The van der Waals surface area contributed by atoms with Crippen LogP contribution < -0.4 is 10.1 Å². The van der Waals surface area contributed by atoms with Crippen molar-refractivity contribution in [3.05, 3.63) is 59.8 Å². The zero-order chi connectivity index (χ0) is 16.5. The monoisotopic (exact) mass is 338 g/mol. The molecule has 0 spiro atoms. The van der Waals surface area contributed by atoms with Gasteiger partial charge in [-0.3, -0.25) is 4.79 Å². The lowest BCUT2D eigenvalue weighted by molar-refractivity contribution is 0.101. The smallest absolute Gasteiger partial charge is 0.278 e. The highest BCUT2D eigenvalue weighted by Gasteiger charge is 2.28. The Morgan fingerprint density at radius 2 is 2.08 bits per heavy atom. The minimum Gasteiger partial charge on any atom is -0.488 e. The Labute approximate surface area is 143 Å². The van der Waals surface area contributed by atoms with Gasteiger partial charge in [-0.25, -0.2) is 0 Å². The standard InChI is InChI=1S/C18H14N2O3S/c1-24-12-6-4-5-11(9-12)19-18(21)16-14-10-22-15-8-3-2-7-13(15)17(14)23-20-16/h2-9H,10H2,1H3,(H,19,21). The molecule has 6 heteroatoms. The van der Waals surface area contributed by atoms with Gasteiger partial charge in [-0.1, -0.05) is 23.4 Å². The summed E-state index contributed by atoms with van der Waals surface area (Å²) in [5, 5.41) is 6.83. The van der Waals surface area contributed by atoms with Crippen molar-refractivity contribution < 1.29 is 14.1 Å². The number of anilines is 1. The molecule has 0 radical (unpaired) electrons. The van der Waals surface area contributed by atoms with Crippen LogP contribution in [0.5, 0.6) is 5.75 Å². The second-order valence-corrected chi connectivity index (χ2v) is 6.19. The van der Waals surface area contributed by atoms with E-state index in [1.807, 2.05) is 54.8 Å². The molecule has 2 heterocycles. The first-order chi connectivity index (χ1) is 11.8. The first-order valence-corrected chi connectivity index (χ1v) is 8.65. The average molecular weight is 338 g/mol. The van der Waals surface area contributed by atoms with Gasteiger partial charge in [-0.2, -0.15) is 0 Å². The summed E-state index contributed by atoms with van der Waals surface area (Å²) in [5.41, 5.74) is 2.47. The lowest BCUT2D eigenvalue weighted by Crippen LogP contribution is -2.16. The van der Waals surface area contributed by atoms with Crippen LogP contribution in [0.2, 0.25) is 0 Å². The highest BCUT2D eigenvalue weighted by molar-refractivity contribution is 7.98. The van der Waals surface area contributed by atoms with Crippen LogP contribution in [0.3, 0.4) is 0 Å². The predicted molar refractivity (Wildman–Crippen MR) is 92.4 cm³/mol. The van der Waals surface area contributed by atoms with E-state index in [4.69, 9.17) is 9.26 Å². The molecule has 0 unspecified atom stereocenters. The van der Waals surface area contributed by atoms with Gasteiger partial charge >= 0.3 is 0 Å². The van der Waals surface area contributed by atoms with Crippen molar-refractivity contribution in [1.29, 1.82) is 0 Å². The summed E-state index contributed by atoms with van der Waals surface area (Å²) < 4.78 is 11.1. The van der Waals surface area contributed by atoms with Crippen molar-refractivity contribution in [2.75, 3.05) is 11.6 Å². The molecular formula is C18H14N2O3S. The van der Waals surface area contributed by atoms with Crippen LogP contribution in [0.1, 0.15) is 16.1 Å². The molecule has 4 rings (SSSR count). The molecule has 1 aliphatic rings. The Balaban J connectivity index is 1.64. The molecule has 0 aliphatic carbocycles. The van der Waals surface area contributed by atoms with E-state index in [0.29, 0.717) is 11.3 Å². The van der Waals surface area contributed by atoms with Gasteiger partial charge in [0.05, 0.1) is 11.1 Å². The number of ether oxygens (including phenoxy) is 1. The molecule has 0 bridgehead atoms. The molecule has 5 nitrogen and oxygen atoms in total. The third-order valence-corrected chi connectivity index (χ3v) is 4.56. The van der Waals surface area contributed by atoms with Crippen LogP contribution in [0, 0.1) is 0 Å². The Hall–Kier alpha value is -2.73. The van der Waals surface area contributed by atoms with Crippen molar-refractivity contribution in [3.63, 3.8) is 0 Å². The van der Waals surface area contributed by atoms with Gasteiger partial charge in [-0.05, 0) is 36.6 Å². The Bertz CT molecular complexity index is 920. The van der Waals surface area contributed by atoms with Gasteiger partial charge in [-0.15, -0.1) is 11.8 Å². The maximum Gasteiger partial charge on any atom is 0.278 e. The second-order valence-electron chi connectivity index (χ2n) is 5.31. The van der Waals surface area contributed by atoms with Crippen LogP contribution in [0.25, 0.3) is 11.3 Å². The third-order valence-electron chi connectivity index (χ3n) is 3.83. The number of amides is 1. The lowest BCUT2D eigenvalue weighted by atomic mass is 10.0. The summed E-state index contributed by atoms with van der Waals surface area (Å²) in [6, 6.07) is 15.2. The zero-order valence-electron chi connectivity index (χ0n) is 12.9. The number of hydrogen-bond acceptors (Lipinski definition) is 5. The number of hydrogen-bond donors (Lipinski definition) is 1. The zero-order valence-corrected chi connectivity index (χ0v) is 13.7. The summed E-state index contributed by atoms with van der Waals surface area (Å²) in [6.45, 7) is 0.267. The SMILES string of the molecule is CSc1cccc(NC(=O)c2noc3c2COc2ccccc2-3)c1. The fraction of sp³-hybridized carbons (Fsp3) is 0.111. The highest BCUT2D eigenvalue weighted by atomic mass is 32.2. The molecule has 0 fully saturated rings. The van der Waals surface area contributed by atoms with E-state index in [1.54, 1.807) is 11.8 Å². The van der Waals surface area contributed by atoms with Gasteiger partial charge in [0, 0.05) is 10.6 Å². The number of aromatic nitrogens is 1. The molecule has 0 saturated heterocycles.